The Morgan fingerprint density at radius 1 is 1.03 bits per heavy atom. The van der Waals surface area contributed by atoms with Gasteiger partial charge in [-0.3, -0.25) is 28.8 Å². The van der Waals surface area contributed by atoms with Crippen molar-refractivity contribution in [2.24, 2.45) is 11.5 Å². The van der Waals surface area contributed by atoms with Crippen LogP contribution in [0.3, 0.4) is 0 Å². The highest BCUT2D eigenvalue weighted by Gasteiger charge is 2.55. The highest BCUT2D eigenvalue weighted by molar-refractivity contribution is 5.96. The molecule has 2 aromatic carbocycles. The molecule has 0 saturated heterocycles. The zero-order chi connectivity index (χ0) is 47.8. The molecule has 4 heterocycles. The van der Waals surface area contributed by atoms with E-state index in [-0.39, 0.29) is 73.3 Å². The minimum absolute atomic E-state index is 0.00688. The fraction of sp³-hybridized carbons (Fsp3) is 0.386. The second-order valence-electron chi connectivity index (χ2n) is 16.0. The molecule has 3 aliphatic rings. The molecule has 18 nitrogen and oxygen atoms in total. The van der Waals surface area contributed by atoms with Crippen LogP contribution in [0.1, 0.15) is 71.2 Å². The van der Waals surface area contributed by atoms with Crippen LogP contribution in [-0.2, 0) is 74.6 Å². The van der Waals surface area contributed by atoms with E-state index in [1.54, 1.807) is 37.3 Å². The average molecular weight is 921 g/mol. The Hall–Kier alpha value is -7.23. The first kappa shape index (κ1) is 46.8. The van der Waals surface area contributed by atoms with Crippen LogP contribution in [0.5, 0.6) is 0 Å². The first-order valence-electron chi connectivity index (χ1n) is 20.8. The zero-order valence-electron chi connectivity index (χ0n) is 35.6. The molecule has 1 aliphatic carbocycles. The number of carbonyl (C=O) groups excluding carboxylic acids is 7. The Morgan fingerprint density at radius 3 is 2.42 bits per heavy atom. The second-order valence-corrected chi connectivity index (χ2v) is 16.0. The highest BCUT2D eigenvalue weighted by atomic mass is 19.4. The van der Waals surface area contributed by atoms with Gasteiger partial charge < -0.3 is 46.4 Å². The van der Waals surface area contributed by atoms with E-state index in [1.807, 2.05) is 0 Å². The maximum Gasteiger partial charge on any atom is 0.490 e. The second kappa shape index (κ2) is 18.3. The lowest BCUT2D eigenvalue weighted by Crippen LogP contribution is -2.52. The summed E-state index contributed by atoms with van der Waals surface area (Å²) < 4.78 is 67.6. The fourth-order valence-corrected chi connectivity index (χ4v) is 8.84. The molecule has 7 N–H and O–H groups in total. The van der Waals surface area contributed by atoms with E-state index in [2.05, 4.69) is 16.0 Å². The predicted octanol–water partition coefficient (Wildman–Crippen LogP) is 1.25. The summed E-state index contributed by atoms with van der Waals surface area (Å²) in [6, 6.07) is 8.89. The number of ether oxygens (including phenoxy) is 2. The minimum Gasteiger partial charge on any atom is -0.457 e. The number of esters is 2. The Bertz CT molecular complexity index is 2760. The van der Waals surface area contributed by atoms with Gasteiger partial charge in [0.25, 0.3) is 5.56 Å². The summed E-state index contributed by atoms with van der Waals surface area (Å²) in [6.45, 7) is 0.191. The van der Waals surface area contributed by atoms with Crippen molar-refractivity contribution >= 4 is 52.4 Å². The number of hydrogen-bond acceptors (Lipinski definition) is 12. The fourth-order valence-electron chi connectivity index (χ4n) is 8.84. The zero-order valence-corrected chi connectivity index (χ0v) is 35.6. The van der Waals surface area contributed by atoms with Crippen molar-refractivity contribution in [1.82, 2.24) is 30.4 Å². The van der Waals surface area contributed by atoms with Crippen molar-refractivity contribution in [2.45, 2.75) is 83.0 Å². The number of amides is 5. The van der Waals surface area contributed by atoms with Crippen molar-refractivity contribution in [3.8, 4) is 11.4 Å². The highest BCUT2D eigenvalue weighted by Crippen LogP contribution is 2.48. The monoisotopic (exact) mass is 920 g/mol. The molecule has 348 valence electrons. The molecule has 2 aliphatic heterocycles. The molecule has 22 heteroatoms. The molecule has 7 rings (SSSR count). The number of cyclic esters (lactones) is 1. The smallest absolute Gasteiger partial charge is 0.457 e. The number of benzene rings is 2. The number of fused-ring (bicyclic) bond motifs is 5. The number of halogens is 4. The van der Waals surface area contributed by atoms with Crippen molar-refractivity contribution in [3.05, 3.63) is 97.6 Å². The molecule has 0 spiro atoms. The van der Waals surface area contributed by atoms with E-state index in [0.29, 0.717) is 33.2 Å². The number of aromatic nitrogens is 2. The van der Waals surface area contributed by atoms with Crippen molar-refractivity contribution in [1.29, 1.82) is 0 Å². The summed E-state index contributed by atoms with van der Waals surface area (Å²) in [7, 11) is 0. The number of alkyl halides is 3. The normalized spacial score (nSPS) is 17.4. The molecule has 5 amide bonds. The molecule has 66 heavy (non-hydrogen) atoms. The lowest BCUT2D eigenvalue weighted by molar-refractivity contribution is -0.223. The maximum atomic E-state index is 15.7. The average Bonchev–Trinajstić information content (AvgIpc) is 3.65. The lowest BCUT2D eigenvalue weighted by atomic mass is 9.81. The molecule has 0 fully saturated rings. The molecule has 0 bridgehead atoms. The number of nitrogens with one attached hydrogen (secondary N) is 3. The number of nitrogens with zero attached hydrogens (tertiary/aromatic N) is 3. The Labute approximate surface area is 372 Å². The van der Waals surface area contributed by atoms with Gasteiger partial charge in [-0.15, -0.1) is 0 Å². The molecular weight excluding hydrogens is 877 g/mol. The molecule has 4 aromatic rings. The summed E-state index contributed by atoms with van der Waals surface area (Å²) in [5.74, 6) is -8.19. The lowest BCUT2D eigenvalue weighted by Gasteiger charge is -2.37. The quantitative estimate of drug-likeness (QED) is 0.0734. The van der Waals surface area contributed by atoms with Crippen LogP contribution in [-0.4, -0.2) is 94.3 Å². The number of rotatable bonds is 15. The molecular formula is C44H44F4N8O10. The van der Waals surface area contributed by atoms with Gasteiger partial charge in [0.2, 0.25) is 35.1 Å². The summed E-state index contributed by atoms with van der Waals surface area (Å²) >= 11 is 0. The third-order valence-electron chi connectivity index (χ3n) is 12.1. The topological polar surface area (TPSA) is 264 Å². The number of aryl methyl sites for hydroxylation is 1. The number of pyridine rings is 2. The van der Waals surface area contributed by atoms with E-state index in [9.17, 15) is 51.5 Å². The number of nitrogens with two attached hydrogens (primary N) is 2. The first-order chi connectivity index (χ1) is 31.3. The third-order valence-corrected chi connectivity index (χ3v) is 12.1. The molecule has 0 saturated carbocycles. The van der Waals surface area contributed by atoms with E-state index in [1.165, 1.54) is 22.5 Å². The van der Waals surface area contributed by atoms with Crippen LogP contribution in [0.4, 0.5) is 17.6 Å². The standard InChI is InChI=1S/C44H44F4N8O10/c1-3-43(66-42(64)44(46,47)48)26-14-31-38-24(19-56(31)40(62)25(26)20-65-41(43)63)37-30(10-9-23-21(2)27(45)15-28(54-38)36(23)37)55(12-11-32(50)57)35(60)18-52-39(61)29(13-22-7-5-4-6-8-22)53-34(59)17-51-33(58)16-49/h4-8,14-15,29-30H,3,9-13,16-20,49H2,1-2H3,(H2,50,57)(H,51,58)(H,52,61)(H,53,59)/t29-,30-,43-/m0/s1. The van der Waals surface area contributed by atoms with Gasteiger partial charge in [-0.2, -0.15) is 13.2 Å². The van der Waals surface area contributed by atoms with Crippen LogP contribution in [0, 0.1) is 12.7 Å². The number of hydrogen-bond donors (Lipinski definition) is 5. The largest absolute Gasteiger partial charge is 0.490 e. The van der Waals surface area contributed by atoms with E-state index in [0.717, 1.165) is 6.07 Å². The SMILES string of the molecule is CC[C@@]1(OC(=O)C(F)(F)F)C(=O)OCc2c1cc1n(c2=O)Cc2c-1nc1cc(F)c(C)c3c1c2[C@@H](N(CCC(N)=O)C(=O)CNC(=O)[C@H](Cc1ccccc1)NC(=O)CNC(=O)CN)CC3. The van der Waals surface area contributed by atoms with Crippen LogP contribution < -0.4 is 33.0 Å². The Morgan fingerprint density at radius 2 is 1.76 bits per heavy atom. The summed E-state index contributed by atoms with van der Waals surface area (Å²) in [4.78, 5) is 111. The van der Waals surface area contributed by atoms with Crippen molar-refractivity contribution in [3.63, 3.8) is 0 Å². The summed E-state index contributed by atoms with van der Waals surface area (Å²) in [6.07, 6.45) is -6.06. The molecule has 2 aromatic heterocycles. The van der Waals surface area contributed by atoms with Crippen molar-refractivity contribution in [2.75, 3.05) is 26.2 Å². The van der Waals surface area contributed by atoms with Crippen LogP contribution in [0.15, 0.2) is 47.3 Å². The van der Waals surface area contributed by atoms with E-state index in [4.69, 9.17) is 25.9 Å². The van der Waals surface area contributed by atoms with Gasteiger partial charge in [-0.25, -0.2) is 19.0 Å². The first-order valence-corrected chi connectivity index (χ1v) is 20.8. The van der Waals surface area contributed by atoms with Gasteiger partial charge in [0.05, 0.1) is 54.7 Å². The molecule has 3 atom stereocenters. The van der Waals surface area contributed by atoms with Gasteiger partial charge in [-0.1, -0.05) is 37.3 Å². The molecule has 0 unspecified atom stereocenters. The van der Waals surface area contributed by atoms with Gasteiger partial charge in [0.15, 0.2) is 0 Å². The third kappa shape index (κ3) is 8.79. The summed E-state index contributed by atoms with van der Waals surface area (Å²) in [5.41, 5.74) is 9.22. The van der Waals surface area contributed by atoms with Crippen molar-refractivity contribution < 1.29 is 60.6 Å². The maximum absolute atomic E-state index is 15.7. The Balaban J connectivity index is 1.29. The summed E-state index contributed by atoms with van der Waals surface area (Å²) in [5, 5.41) is 7.91. The number of carbonyl (C=O) groups is 7. The minimum atomic E-state index is -5.51. The van der Waals surface area contributed by atoms with Crippen LogP contribution in [0.25, 0.3) is 22.3 Å². The van der Waals surface area contributed by atoms with Gasteiger partial charge in [0, 0.05) is 42.0 Å². The van der Waals surface area contributed by atoms with Gasteiger partial charge in [0.1, 0.15) is 18.5 Å². The van der Waals surface area contributed by atoms with E-state index < -0.39 is 103 Å². The Kier molecular flexibility index (Phi) is 13.0. The number of primary amides is 1. The van der Waals surface area contributed by atoms with Crippen LogP contribution in [0.2, 0.25) is 0 Å². The molecule has 0 radical (unpaired) electrons. The van der Waals surface area contributed by atoms with E-state index >= 15 is 4.39 Å². The van der Waals surface area contributed by atoms with Gasteiger partial charge in [-0.05, 0) is 54.5 Å². The van der Waals surface area contributed by atoms with Crippen LogP contribution >= 0.6 is 0 Å². The predicted molar refractivity (Wildman–Crippen MR) is 223 cm³/mol. The van der Waals surface area contributed by atoms with Gasteiger partial charge >= 0.3 is 18.1 Å².